The van der Waals surface area contributed by atoms with Gasteiger partial charge >= 0.3 is 45.1 Å². The Bertz CT molecular complexity index is 6770. The van der Waals surface area contributed by atoms with Crippen LogP contribution in [-0.4, -0.2) is 360 Å². The van der Waals surface area contributed by atoms with Gasteiger partial charge < -0.3 is 152 Å². The van der Waals surface area contributed by atoms with Crippen molar-refractivity contribution in [3.8, 4) is 0 Å². The smallest absolute Gasteiger partial charge is 0.386 e. The third-order valence-electron chi connectivity index (χ3n) is 23.7. The van der Waals surface area contributed by atoms with E-state index in [0.29, 0.717) is 11.2 Å². The number of nitrogens with zero attached hydrogens (tertiary/aromatic N) is 18. The summed E-state index contributed by atoms with van der Waals surface area (Å²) < 4.78 is 184. The average Bonchev–Trinajstić information content (AvgIpc) is 1.62. The summed E-state index contributed by atoms with van der Waals surface area (Å²) in [5, 5.41) is 12.0. The maximum atomic E-state index is 15.8. The molecule has 17 N–H and O–H groups in total. The molecule has 6 aliphatic heterocycles. The summed E-state index contributed by atoms with van der Waals surface area (Å²) >= 11 is 27.8. The second kappa shape index (κ2) is 47.8. The van der Waals surface area contributed by atoms with Crippen molar-refractivity contribution >= 4 is 167 Å². The van der Waals surface area contributed by atoms with Gasteiger partial charge in [0.05, 0.1) is 137 Å². The summed E-state index contributed by atoms with van der Waals surface area (Å²) in [6.07, 6.45) is -22.3. The van der Waals surface area contributed by atoms with Gasteiger partial charge in [0.1, 0.15) is 139 Å². The van der Waals surface area contributed by atoms with Gasteiger partial charge in [-0.2, -0.15) is 9.97 Å². The number of anilines is 5. The van der Waals surface area contributed by atoms with Gasteiger partial charge in [0, 0.05) is 65.5 Å². The van der Waals surface area contributed by atoms with Gasteiger partial charge in [-0.15, -0.1) is 0 Å². The number of nitrogens with two attached hydrogens (primary N) is 5. The van der Waals surface area contributed by atoms with Crippen LogP contribution in [0.3, 0.4) is 0 Å². The van der Waals surface area contributed by atoms with Gasteiger partial charge in [0.25, 0.3) is 11.1 Å². The molecule has 61 nitrogen and oxygen atoms in total. The van der Waals surface area contributed by atoms with Crippen molar-refractivity contribution in [1.29, 1.82) is 0 Å². The van der Waals surface area contributed by atoms with Crippen molar-refractivity contribution in [3.05, 3.63) is 109 Å². The Morgan fingerprint density at radius 2 is 0.760 bits per heavy atom. The lowest BCUT2D eigenvalue weighted by atomic mass is 10.1. The summed E-state index contributed by atoms with van der Waals surface area (Å²) in [6.45, 7) is -25.3. The normalized spacial score (nSPS) is 29.2. The minimum Gasteiger partial charge on any atom is -0.387 e. The Hall–Kier alpha value is -7.50. The molecule has 10 aromatic heterocycles. The molecule has 0 radical (unpaired) electrons. The molecule has 16 rings (SSSR count). The van der Waals surface area contributed by atoms with Crippen molar-refractivity contribution in [2.75, 3.05) is 163 Å². The molecule has 0 aliphatic carbocycles. The second-order valence-corrected chi connectivity index (χ2v) is 47.3. The molecule has 0 bridgehead atoms. The van der Waals surface area contributed by atoms with Crippen LogP contribution in [0.5, 0.6) is 0 Å². The number of hydrogen-bond donors (Lipinski definition) is 13. The van der Waals surface area contributed by atoms with Crippen molar-refractivity contribution in [1.82, 2.24) is 97.2 Å². The molecule has 28 atom stereocenters. The molecule has 146 heavy (non-hydrogen) atoms. The number of rotatable bonds is 51. The van der Waals surface area contributed by atoms with Gasteiger partial charge in [-0.1, -0.05) is 12.2 Å². The quantitative estimate of drug-likeness (QED) is 0.0126. The average molecular weight is 2250 g/mol. The number of methoxy groups -OCH3 is 5. The van der Waals surface area contributed by atoms with Crippen LogP contribution in [0, 0.1) is 13.8 Å². The highest BCUT2D eigenvalue weighted by Gasteiger charge is 2.58. The topological polar surface area (TPSA) is 772 Å². The van der Waals surface area contributed by atoms with Gasteiger partial charge in [0.2, 0.25) is 5.95 Å². The summed E-state index contributed by atoms with van der Waals surface area (Å²) in [7, 11) is 6.95. The molecule has 16 heterocycles. The molecule has 6 fully saturated rings. The molecule has 0 spiro atoms. The van der Waals surface area contributed by atoms with Crippen molar-refractivity contribution in [3.63, 3.8) is 0 Å². The number of imidazole rings is 4. The van der Waals surface area contributed by atoms with Crippen molar-refractivity contribution in [2.24, 2.45) is 0 Å². The zero-order valence-electron chi connectivity index (χ0n) is 78.4. The maximum Gasteiger partial charge on any atom is 0.386 e. The van der Waals surface area contributed by atoms with E-state index in [1.807, 2.05) is 0 Å². The maximum absolute atomic E-state index is 15.8. The van der Waals surface area contributed by atoms with E-state index in [1.54, 1.807) is 18.4 Å². The van der Waals surface area contributed by atoms with Gasteiger partial charge in [-0.25, -0.2) is 64.0 Å². The van der Waals surface area contributed by atoms with Crippen LogP contribution in [0.1, 0.15) is 61.8 Å². The molecule has 71 heteroatoms. The first-order chi connectivity index (χ1) is 69.7. The van der Waals surface area contributed by atoms with E-state index in [4.69, 9.17) is 197 Å². The highest BCUT2D eigenvalue weighted by atomic mass is 32.7. The number of ether oxygens (including phenoxy) is 16. The number of aliphatic hydroxyl groups is 1. The zero-order valence-corrected chi connectivity index (χ0v) is 87.1. The molecular formula is C75H106N25O36P5S5. The molecule has 0 amide bonds. The predicted molar refractivity (Wildman–Crippen MR) is 520 cm³/mol. The molecular weight excluding hydrogens is 2140 g/mol. The SMILES string of the molecule is COCCO[C@H]1C(OP(O)(=S)OC[C@H]2O[C@@H](n3cnc4c(N)ncnc43)[C@@H](OCCOC)C2O)[C@@H](COP(=O)(S)OC2[C@@H](COP(O)(=S)OC3[C@@H](COP(O)(=S)OC4[C@@H](COP(O)(=S)OC5C[C@H](n6cnc7c(N)ncnc76)O[C@@H]5C)O[C@@H](n5cc(C)c(=O)[nH]c5=O)[C@H]4OCCOC)O[C@@H](n4cnc5c(N)ncnc54)[C@H]3OCCOC)O[C@@H](n3cnc4c(=O)[nH]c(N)nc43)[C@H]2OCCOC)O[C@H]1n1cc(C)c(N)nc1=O. The second-order valence-electron chi connectivity index (χ2n) is 33.2. The number of fused-ring (bicyclic) bond motifs is 4. The lowest BCUT2D eigenvalue weighted by molar-refractivity contribution is -0.0825. The number of thiol groups is 1. The fraction of sp³-hybridized carbons (Fsp3) is 0.627. The zero-order chi connectivity index (χ0) is 104. The Morgan fingerprint density at radius 3 is 1.21 bits per heavy atom. The Labute approximate surface area is 850 Å². The molecule has 10 aromatic rings. The summed E-state index contributed by atoms with van der Waals surface area (Å²) in [4.78, 5) is 160. The number of nitrogen functional groups attached to an aromatic ring is 5. The summed E-state index contributed by atoms with van der Waals surface area (Å²) in [5.41, 5.74) is 28.4. The van der Waals surface area contributed by atoms with Crippen molar-refractivity contribution < 1.29 is 150 Å². The van der Waals surface area contributed by atoms with E-state index < -0.39 is 230 Å². The number of aromatic amines is 2. The largest absolute Gasteiger partial charge is 0.387 e. The highest BCUT2D eigenvalue weighted by Crippen LogP contribution is 2.60. The van der Waals surface area contributed by atoms with Gasteiger partial charge in [-0.05, 0) is 68.0 Å². The van der Waals surface area contributed by atoms with E-state index in [9.17, 15) is 43.9 Å². The standard InChI is InChI=1S/C75H106N25O36P5S5/c1-34-20-95(74(104)91-58(34)76)69-54(117-15-10-112-5)50(133-138(107,143)121-22-38-48(101)53(116-14-9-111-4)68(127-38)98-31-88-45-60(78)82-28-85-63(45)98)40(128-69)24-123-140(109,145)136-52-42(131-72(57(52)120-18-13-115-8)100-33-90-47-65(100)92-73(80)93-67(47)103)26-125-141(110,146)135-51-41(130-71(56(51)119-17-12-114-7)99-32-89-46-61(79)83-29-86-64(46)99)25-124-139(108,144)134-49-39(129-70(55(49)118-16-11-113-6)96-21-35(2)66(102)94-75(96)105)23-122-137(106,142)132-37-19-43(126-36(37)3)97-30-87-44-59(77)81-27-84-62(44)97/h20-21,27-33,36-43,48-57,68-72,101H,9-19,22-26H2,1-8H3,(H,106,142)(H,107,143)(H,108,144)(H,109,145)(H,110,146)(H2,76,91,104)(H2,77,81,84)(H2,78,82,85)(H2,79,83,86)(H,94,102,105)(H3,80,92,93,103)/t36-,37?,38-,39-,40-,41-,42-,43-,48?,49?,50?,51?,52?,53+,54+,55+,56+,57+,68-,69-,70-,71-,72-,137?,138?,139?,140?,141?/m1/s1. The van der Waals surface area contributed by atoms with Crippen LogP contribution >= 0.6 is 45.9 Å². The van der Waals surface area contributed by atoms with Gasteiger partial charge in [-0.3, -0.25) is 69.6 Å². The van der Waals surface area contributed by atoms with Crippen LogP contribution in [0.2, 0.25) is 0 Å². The lowest BCUT2D eigenvalue weighted by Gasteiger charge is -2.31. The van der Waals surface area contributed by atoms with Crippen molar-refractivity contribution in [2.45, 2.75) is 168 Å². The van der Waals surface area contributed by atoms with E-state index in [0.717, 1.165) is 21.8 Å². The number of nitrogens with one attached hydrogen (secondary N) is 2. The summed E-state index contributed by atoms with van der Waals surface area (Å²) in [5.74, 6) is -0.432. The molecule has 0 saturated carbocycles. The van der Waals surface area contributed by atoms with E-state index in [1.165, 1.54) is 100 Å². The minimum absolute atomic E-state index is 0.0359. The van der Waals surface area contributed by atoms with Crippen LogP contribution in [-0.2, 0) is 173 Å². The molecule has 0 aromatic carbocycles. The van der Waals surface area contributed by atoms with Crippen LogP contribution < -0.4 is 51.2 Å². The summed E-state index contributed by atoms with van der Waals surface area (Å²) in [6, 6.07) is 0. The Morgan fingerprint density at radius 1 is 0.404 bits per heavy atom. The van der Waals surface area contributed by atoms with E-state index >= 15 is 4.57 Å². The molecule has 802 valence electrons. The minimum atomic E-state index is -5.15. The van der Waals surface area contributed by atoms with E-state index in [2.05, 4.69) is 82.0 Å². The monoisotopic (exact) mass is 2250 g/mol. The first-order valence-electron chi connectivity index (χ1n) is 44.3. The first kappa shape index (κ1) is 111. The third kappa shape index (κ3) is 25.3. The number of aromatic nitrogens is 20. The molecule has 6 saturated heterocycles. The van der Waals surface area contributed by atoms with E-state index in [-0.39, 0.29) is 146 Å². The predicted octanol–water partition coefficient (Wildman–Crippen LogP) is -0.798. The third-order valence-corrected chi connectivity index (χ3v) is 31.6. The number of aliphatic hydroxyl groups excluding tert-OH is 1. The number of H-pyrrole nitrogens is 2. The van der Waals surface area contributed by atoms with Crippen LogP contribution in [0.15, 0.2) is 75.9 Å². The molecule has 11 unspecified atom stereocenters. The molecule has 6 aliphatic rings. The van der Waals surface area contributed by atoms with Gasteiger partial charge in [0.15, 0.2) is 76.7 Å². The Kier molecular flexibility index (Phi) is 36.4. The fourth-order valence-corrected chi connectivity index (χ4v) is 24.1. The number of hydrogen-bond acceptors (Lipinski definition) is 53. The Balaban J connectivity index is 0.689. The highest BCUT2D eigenvalue weighted by molar-refractivity contribution is 8.44. The lowest BCUT2D eigenvalue weighted by Crippen LogP contribution is -2.41. The van der Waals surface area contributed by atoms with Crippen LogP contribution in [0.25, 0.3) is 44.7 Å². The fourth-order valence-electron chi connectivity index (χ4n) is 16.8. The first-order valence-corrected chi connectivity index (χ1v) is 57.4. The van der Waals surface area contributed by atoms with Crippen LogP contribution in [0.4, 0.5) is 29.2 Å². The number of aryl methyl sites for hydroxylation is 2.